The molecule has 2 aromatic heterocycles. The molecule has 1 aromatic carbocycles. The predicted octanol–water partition coefficient (Wildman–Crippen LogP) is 4.92. The fourth-order valence-corrected chi connectivity index (χ4v) is 5.32. The minimum absolute atomic E-state index is 0.313. The lowest BCUT2D eigenvalue weighted by molar-refractivity contribution is 0.132. The highest BCUT2D eigenvalue weighted by molar-refractivity contribution is 5.91. The molecule has 2 aliphatic rings. The Labute approximate surface area is 212 Å². The van der Waals surface area contributed by atoms with E-state index in [1.807, 2.05) is 25.3 Å². The van der Waals surface area contributed by atoms with Crippen molar-refractivity contribution in [3.63, 3.8) is 0 Å². The number of aromatic nitrogens is 3. The number of hydrogen-bond acceptors (Lipinski definition) is 5. The van der Waals surface area contributed by atoms with Gasteiger partial charge in [-0.05, 0) is 57.0 Å². The molecule has 0 amide bonds. The Morgan fingerprint density at radius 2 is 1.97 bits per heavy atom. The summed E-state index contributed by atoms with van der Waals surface area (Å²) in [6, 6.07) is 7.83. The van der Waals surface area contributed by atoms with Crippen LogP contribution in [0.2, 0.25) is 0 Å². The molecule has 0 radical (unpaired) electrons. The second kappa shape index (κ2) is 10.5. The lowest BCUT2D eigenvalue weighted by Gasteiger charge is -2.33. The molecule has 36 heavy (non-hydrogen) atoms. The molecular formula is C28H36FN7. The third-order valence-electron chi connectivity index (χ3n) is 7.37. The Balaban J connectivity index is 1.25. The van der Waals surface area contributed by atoms with Crippen molar-refractivity contribution >= 4 is 28.4 Å². The van der Waals surface area contributed by atoms with Crippen LogP contribution >= 0.6 is 0 Å². The number of fused-ring (bicyclic) bond motifs is 3. The molecular weight excluding hydrogens is 453 g/mol. The molecule has 1 N–H and O–H groups in total. The van der Waals surface area contributed by atoms with Crippen molar-refractivity contribution in [1.29, 1.82) is 0 Å². The first kappa shape index (κ1) is 24.6. The van der Waals surface area contributed by atoms with Crippen molar-refractivity contribution < 1.29 is 4.39 Å². The molecule has 0 spiro atoms. The lowest BCUT2D eigenvalue weighted by atomic mass is 10.1. The van der Waals surface area contributed by atoms with E-state index in [1.165, 1.54) is 11.6 Å². The molecule has 1 atom stereocenters. The van der Waals surface area contributed by atoms with Gasteiger partial charge in [-0.15, -0.1) is 0 Å². The van der Waals surface area contributed by atoms with Crippen molar-refractivity contribution in [3.05, 3.63) is 59.8 Å². The predicted molar refractivity (Wildman–Crippen MR) is 144 cm³/mol. The molecule has 5 rings (SSSR count). The maximum absolute atomic E-state index is 15.0. The van der Waals surface area contributed by atoms with Crippen LogP contribution in [0.1, 0.15) is 56.6 Å². The lowest BCUT2D eigenvalue weighted by Crippen LogP contribution is -2.45. The van der Waals surface area contributed by atoms with Gasteiger partial charge in [0, 0.05) is 62.6 Å². The van der Waals surface area contributed by atoms with E-state index in [-0.39, 0.29) is 5.82 Å². The van der Waals surface area contributed by atoms with Crippen LogP contribution in [0.5, 0.6) is 0 Å². The van der Waals surface area contributed by atoms with Crippen LogP contribution in [0.3, 0.4) is 0 Å². The highest BCUT2D eigenvalue weighted by atomic mass is 19.1. The summed E-state index contributed by atoms with van der Waals surface area (Å²) in [5, 5.41) is 3.22. The van der Waals surface area contributed by atoms with Crippen molar-refractivity contribution in [2.45, 2.75) is 52.6 Å². The SMILES string of the molecule is C=C(NC(C)=Nc1ccc(CN2CCN(CC)CC2)cn1)c1cc(F)c2nc3n(c2c1)C(C)CCC3. The fourth-order valence-electron chi connectivity index (χ4n) is 5.32. The van der Waals surface area contributed by atoms with Gasteiger partial charge in [0.2, 0.25) is 0 Å². The van der Waals surface area contributed by atoms with Gasteiger partial charge in [-0.25, -0.2) is 19.4 Å². The Morgan fingerprint density at radius 1 is 1.19 bits per heavy atom. The van der Waals surface area contributed by atoms with Crippen molar-refractivity contribution in [2.75, 3.05) is 32.7 Å². The Morgan fingerprint density at radius 3 is 2.69 bits per heavy atom. The van der Waals surface area contributed by atoms with Gasteiger partial charge in [0.15, 0.2) is 11.6 Å². The number of benzene rings is 1. The quantitative estimate of drug-likeness (QED) is 0.394. The van der Waals surface area contributed by atoms with E-state index in [0.717, 1.165) is 69.9 Å². The molecule has 1 saturated heterocycles. The minimum atomic E-state index is -0.317. The summed E-state index contributed by atoms with van der Waals surface area (Å²) in [5.41, 5.74) is 3.76. The summed E-state index contributed by atoms with van der Waals surface area (Å²) >= 11 is 0. The first-order valence-corrected chi connectivity index (χ1v) is 13.0. The van der Waals surface area contributed by atoms with E-state index in [9.17, 15) is 4.39 Å². The van der Waals surface area contributed by atoms with Crippen molar-refractivity contribution in [2.24, 2.45) is 4.99 Å². The molecule has 4 heterocycles. The molecule has 190 valence electrons. The number of nitrogens with zero attached hydrogens (tertiary/aromatic N) is 6. The summed E-state index contributed by atoms with van der Waals surface area (Å²) in [5.74, 6) is 1.93. The van der Waals surface area contributed by atoms with Crippen LogP contribution < -0.4 is 5.32 Å². The second-order valence-electron chi connectivity index (χ2n) is 10.0. The molecule has 0 saturated carbocycles. The van der Waals surface area contributed by atoms with E-state index < -0.39 is 0 Å². The number of amidine groups is 1. The monoisotopic (exact) mass is 489 g/mol. The van der Waals surface area contributed by atoms with Crippen LogP contribution in [0.15, 0.2) is 42.0 Å². The standard InChI is InChI=1S/C28H36FN7/c1-5-34-11-13-35(14-12-34)18-22-9-10-26(30-17-22)32-21(4)31-20(3)23-15-24(29)28-25(16-23)36-19(2)7-6-8-27(36)33-28/h9-10,15-17,19H,3,5-8,11-14,18H2,1-2,4H3,(H,30,31,32). The Bertz CT molecular complexity index is 1270. The highest BCUT2D eigenvalue weighted by Crippen LogP contribution is 2.32. The fraction of sp³-hybridized carbons (Fsp3) is 0.464. The number of piperazine rings is 1. The molecule has 1 fully saturated rings. The minimum Gasteiger partial charge on any atom is -0.344 e. The summed E-state index contributed by atoms with van der Waals surface area (Å²) in [7, 11) is 0. The van der Waals surface area contributed by atoms with Gasteiger partial charge in [-0.3, -0.25) is 4.90 Å². The van der Waals surface area contributed by atoms with Crippen molar-refractivity contribution in [1.82, 2.24) is 29.7 Å². The molecule has 0 aliphatic carbocycles. The van der Waals surface area contributed by atoms with Gasteiger partial charge in [0.25, 0.3) is 0 Å². The number of nitrogens with one attached hydrogen (secondary N) is 1. The first-order valence-electron chi connectivity index (χ1n) is 13.0. The third kappa shape index (κ3) is 5.20. The number of imidazole rings is 1. The zero-order chi connectivity index (χ0) is 25.2. The largest absolute Gasteiger partial charge is 0.344 e. The van der Waals surface area contributed by atoms with E-state index in [1.54, 1.807) is 0 Å². The topological polar surface area (TPSA) is 61.6 Å². The third-order valence-corrected chi connectivity index (χ3v) is 7.37. The molecule has 8 heteroatoms. The van der Waals surface area contributed by atoms with Gasteiger partial charge < -0.3 is 14.8 Å². The Hall–Kier alpha value is -3.10. The molecule has 2 aliphatic heterocycles. The number of likely N-dealkylation sites (N-methyl/N-ethyl adjacent to an activating group) is 1. The smallest absolute Gasteiger partial charge is 0.153 e. The van der Waals surface area contributed by atoms with Crippen LogP contribution in [0.4, 0.5) is 10.2 Å². The second-order valence-corrected chi connectivity index (χ2v) is 10.0. The first-order chi connectivity index (χ1) is 17.4. The van der Waals surface area contributed by atoms with E-state index in [0.29, 0.717) is 34.5 Å². The van der Waals surface area contributed by atoms with Crippen LogP contribution in [-0.4, -0.2) is 62.9 Å². The summed E-state index contributed by atoms with van der Waals surface area (Å²) in [6.45, 7) is 16.9. The molecule has 3 aromatic rings. The summed E-state index contributed by atoms with van der Waals surface area (Å²) < 4.78 is 17.1. The van der Waals surface area contributed by atoms with Crippen LogP contribution in [-0.2, 0) is 13.0 Å². The molecule has 0 bridgehead atoms. The summed E-state index contributed by atoms with van der Waals surface area (Å²) in [6.07, 6.45) is 4.96. The van der Waals surface area contributed by atoms with Crippen LogP contribution in [0, 0.1) is 5.82 Å². The number of hydrogen-bond donors (Lipinski definition) is 1. The number of aliphatic imine (C=N–C) groups is 1. The normalized spacial score (nSPS) is 19.4. The van der Waals surface area contributed by atoms with E-state index in [4.69, 9.17) is 0 Å². The van der Waals surface area contributed by atoms with Gasteiger partial charge in [0.05, 0.1) is 5.52 Å². The zero-order valence-corrected chi connectivity index (χ0v) is 21.6. The van der Waals surface area contributed by atoms with Crippen molar-refractivity contribution in [3.8, 4) is 0 Å². The average Bonchev–Trinajstić information content (AvgIpc) is 3.26. The van der Waals surface area contributed by atoms with Gasteiger partial charge in [-0.1, -0.05) is 19.6 Å². The van der Waals surface area contributed by atoms with Gasteiger partial charge in [0.1, 0.15) is 17.2 Å². The molecule has 7 nitrogen and oxygen atoms in total. The number of rotatable bonds is 6. The number of aryl methyl sites for hydroxylation is 1. The maximum Gasteiger partial charge on any atom is 0.153 e. The van der Waals surface area contributed by atoms with E-state index in [2.05, 4.69) is 61.1 Å². The van der Waals surface area contributed by atoms with Crippen LogP contribution in [0.25, 0.3) is 16.7 Å². The zero-order valence-electron chi connectivity index (χ0n) is 21.6. The number of halogens is 1. The van der Waals surface area contributed by atoms with Gasteiger partial charge >= 0.3 is 0 Å². The highest BCUT2D eigenvalue weighted by Gasteiger charge is 2.22. The van der Waals surface area contributed by atoms with Gasteiger partial charge in [-0.2, -0.15) is 0 Å². The average molecular weight is 490 g/mol. The Kier molecular flexibility index (Phi) is 7.16. The molecule has 1 unspecified atom stereocenters. The number of pyridine rings is 1. The maximum atomic E-state index is 15.0. The summed E-state index contributed by atoms with van der Waals surface area (Å²) in [4.78, 5) is 18.6. The van der Waals surface area contributed by atoms with E-state index >= 15 is 0 Å².